The SMILES string of the molecule is CCCC(C)S.CCCC(C)S. The van der Waals surface area contributed by atoms with Crippen LogP contribution in [0.3, 0.4) is 0 Å². The van der Waals surface area contributed by atoms with Crippen LogP contribution in [0.1, 0.15) is 53.4 Å². The Morgan fingerprint density at radius 2 is 1.08 bits per heavy atom. The normalized spacial score (nSPS) is 14.5. The number of hydrogen-bond donors (Lipinski definition) is 2. The molecule has 0 fully saturated rings. The predicted octanol–water partition coefficient (Wildman–Crippen LogP) is 4.21. The number of rotatable bonds is 4. The van der Waals surface area contributed by atoms with Crippen molar-refractivity contribution in [2.24, 2.45) is 0 Å². The van der Waals surface area contributed by atoms with Gasteiger partial charge in [-0.05, 0) is 23.3 Å². The molecule has 0 saturated heterocycles. The van der Waals surface area contributed by atoms with Crippen LogP contribution in [0.15, 0.2) is 0 Å². The molecule has 0 amide bonds. The second-order valence-electron chi connectivity index (χ2n) is 3.28. The molecule has 2 heteroatoms. The van der Waals surface area contributed by atoms with E-state index in [2.05, 4.69) is 53.0 Å². The van der Waals surface area contributed by atoms with Crippen LogP contribution in [0.4, 0.5) is 0 Å². The van der Waals surface area contributed by atoms with Crippen molar-refractivity contribution in [2.75, 3.05) is 0 Å². The Labute approximate surface area is 89.3 Å². The van der Waals surface area contributed by atoms with Crippen LogP contribution in [0.25, 0.3) is 0 Å². The van der Waals surface area contributed by atoms with E-state index in [-0.39, 0.29) is 0 Å². The summed E-state index contributed by atoms with van der Waals surface area (Å²) in [6.45, 7) is 8.58. The van der Waals surface area contributed by atoms with E-state index in [4.69, 9.17) is 0 Å². The van der Waals surface area contributed by atoms with Gasteiger partial charge in [0, 0.05) is 0 Å². The summed E-state index contributed by atoms with van der Waals surface area (Å²) < 4.78 is 0. The second-order valence-corrected chi connectivity index (χ2v) is 5.04. The van der Waals surface area contributed by atoms with Crippen molar-refractivity contribution < 1.29 is 0 Å². The van der Waals surface area contributed by atoms with Gasteiger partial charge in [0.15, 0.2) is 0 Å². The van der Waals surface area contributed by atoms with Crippen molar-refractivity contribution in [1.29, 1.82) is 0 Å². The first kappa shape index (κ1) is 15.2. The molecule has 76 valence electrons. The van der Waals surface area contributed by atoms with Gasteiger partial charge in [-0.1, -0.05) is 40.5 Å². The number of thiol groups is 2. The van der Waals surface area contributed by atoms with Gasteiger partial charge in [0.05, 0.1) is 0 Å². The minimum absolute atomic E-state index is 0.593. The summed E-state index contributed by atoms with van der Waals surface area (Å²) in [5.74, 6) is 0. The molecule has 0 aromatic rings. The van der Waals surface area contributed by atoms with Crippen LogP contribution >= 0.6 is 25.3 Å². The lowest BCUT2D eigenvalue weighted by molar-refractivity contribution is 0.791. The van der Waals surface area contributed by atoms with Gasteiger partial charge < -0.3 is 0 Å². The lowest BCUT2D eigenvalue weighted by Gasteiger charge is -1.95. The Morgan fingerprint density at radius 1 is 0.833 bits per heavy atom. The fourth-order valence-corrected chi connectivity index (χ4v) is 1.35. The molecule has 2 unspecified atom stereocenters. The zero-order chi connectivity index (χ0) is 9.98. The molecule has 0 radical (unpaired) electrons. The van der Waals surface area contributed by atoms with Gasteiger partial charge in [0.2, 0.25) is 0 Å². The van der Waals surface area contributed by atoms with Crippen LogP contribution in [0, 0.1) is 0 Å². The van der Waals surface area contributed by atoms with E-state index in [1.54, 1.807) is 0 Å². The zero-order valence-corrected chi connectivity index (χ0v) is 10.7. The Hall–Kier alpha value is 0.700. The molecular weight excluding hydrogens is 184 g/mol. The molecule has 0 saturated carbocycles. The second kappa shape index (κ2) is 11.7. The van der Waals surface area contributed by atoms with Crippen LogP contribution in [0.5, 0.6) is 0 Å². The monoisotopic (exact) mass is 208 g/mol. The average molecular weight is 208 g/mol. The number of hydrogen-bond acceptors (Lipinski definition) is 2. The van der Waals surface area contributed by atoms with Gasteiger partial charge in [-0.2, -0.15) is 25.3 Å². The van der Waals surface area contributed by atoms with Gasteiger partial charge in [0.1, 0.15) is 0 Å². The van der Waals surface area contributed by atoms with Crippen molar-refractivity contribution in [3.05, 3.63) is 0 Å². The summed E-state index contributed by atoms with van der Waals surface area (Å²) in [6.07, 6.45) is 4.99. The molecule has 2 atom stereocenters. The molecule has 0 heterocycles. The molecule has 12 heavy (non-hydrogen) atoms. The average Bonchev–Trinajstić information content (AvgIpc) is 1.87. The molecule has 0 rings (SSSR count). The third kappa shape index (κ3) is 22.4. The molecule has 0 N–H and O–H groups in total. The minimum atomic E-state index is 0.593. The van der Waals surface area contributed by atoms with E-state index in [0.717, 1.165) is 0 Å². The molecule has 0 aliphatic carbocycles. The van der Waals surface area contributed by atoms with Crippen molar-refractivity contribution in [3.63, 3.8) is 0 Å². The molecule has 0 aliphatic heterocycles. The molecular formula is C10H24S2. The maximum Gasteiger partial charge on any atom is -0.00117 e. The van der Waals surface area contributed by atoms with E-state index in [1.807, 2.05) is 0 Å². The topological polar surface area (TPSA) is 0 Å². The highest BCUT2D eigenvalue weighted by Gasteiger charge is 1.87. The van der Waals surface area contributed by atoms with Crippen molar-refractivity contribution >= 4 is 25.3 Å². The smallest absolute Gasteiger partial charge is 0.00117 e. The maximum absolute atomic E-state index is 4.18. The standard InChI is InChI=1S/2C5H12S/c2*1-3-4-5(2)6/h2*5-6H,3-4H2,1-2H3. The largest absolute Gasteiger partial charge is 0.176 e. The van der Waals surface area contributed by atoms with E-state index < -0.39 is 0 Å². The van der Waals surface area contributed by atoms with Crippen LogP contribution < -0.4 is 0 Å². The highest BCUT2D eigenvalue weighted by molar-refractivity contribution is 7.81. The molecule has 0 aliphatic rings. The first-order chi connectivity index (χ1) is 5.54. The summed E-state index contributed by atoms with van der Waals surface area (Å²) in [4.78, 5) is 0. The summed E-state index contributed by atoms with van der Waals surface area (Å²) in [5.41, 5.74) is 0. The Bertz CT molecular complexity index is 60.2. The van der Waals surface area contributed by atoms with E-state index in [9.17, 15) is 0 Å². The maximum atomic E-state index is 4.18. The van der Waals surface area contributed by atoms with E-state index in [1.165, 1.54) is 25.7 Å². The summed E-state index contributed by atoms with van der Waals surface area (Å²) in [5, 5.41) is 1.19. The van der Waals surface area contributed by atoms with Crippen molar-refractivity contribution in [3.8, 4) is 0 Å². The first-order valence-electron chi connectivity index (χ1n) is 4.90. The lowest BCUT2D eigenvalue weighted by Crippen LogP contribution is -1.85. The van der Waals surface area contributed by atoms with Gasteiger partial charge in [-0.3, -0.25) is 0 Å². The van der Waals surface area contributed by atoms with Crippen LogP contribution in [0.2, 0.25) is 0 Å². The summed E-state index contributed by atoms with van der Waals surface area (Å²) in [7, 11) is 0. The van der Waals surface area contributed by atoms with Crippen molar-refractivity contribution in [1.82, 2.24) is 0 Å². The van der Waals surface area contributed by atoms with Gasteiger partial charge in [-0.15, -0.1) is 0 Å². The Morgan fingerprint density at radius 3 is 1.08 bits per heavy atom. The third-order valence-electron chi connectivity index (χ3n) is 1.41. The first-order valence-corrected chi connectivity index (χ1v) is 5.93. The van der Waals surface area contributed by atoms with Crippen LogP contribution in [-0.4, -0.2) is 10.5 Å². The van der Waals surface area contributed by atoms with Crippen molar-refractivity contribution in [2.45, 2.75) is 63.9 Å². The van der Waals surface area contributed by atoms with Gasteiger partial charge >= 0.3 is 0 Å². The van der Waals surface area contributed by atoms with Gasteiger partial charge in [0.25, 0.3) is 0 Å². The Balaban J connectivity index is 0. The highest BCUT2D eigenvalue weighted by Crippen LogP contribution is 2.00. The van der Waals surface area contributed by atoms with E-state index in [0.29, 0.717) is 10.5 Å². The predicted molar refractivity (Wildman–Crippen MR) is 66.7 cm³/mol. The molecule has 0 bridgehead atoms. The lowest BCUT2D eigenvalue weighted by atomic mass is 10.3. The molecule has 0 nitrogen and oxygen atoms in total. The third-order valence-corrected chi connectivity index (χ3v) is 1.93. The fraction of sp³-hybridized carbons (Fsp3) is 1.00. The van der Waals surface area contributed by atoms with E-state index >= 15 is 0 Å². The van der Waals surface area contributed by atoms with Gasteiger partial charge in [-0.25, -0.2) is 0 Å². The Kier molecular flexibility index (Phi) is 14.8. The summed E-state index contributed by atoms with van der Waals surface area (Å²) in [6, 6.07) is 0. The highest BCUT2D eigenvalue weighted by atomic mass is 32.1. The quantitative estimate of drug-likeness (QED) is 0.635. The zero-order valence-electron chi connectivity index (χ0n) is 8.88. The molecule has 0 aromatic heterocycles. The fourth-order valence-electron chi connectivity index (χ4n) is 0.836. The van der Waals surface area contributed by atoms with Crippen LogP contribution in [-0.2, 0) is 0 Å². The molecule has 0 spiro atoms. The summed E-state index contributed by atoms with van der Waals surface area (Å²) >= 11 is 8.36. The minimum Gasteiger partial charge on any atom is -0.176 e. The molecule has 0 aromatic carbocycles.